The molecule has 0 heterocycles. The summed E-state index contributed by atoms with van der Waals surface area (Å²) in [6, 6.07) is 37.1. The maximum absolute atomic E-state index is 6.27. The molecule has 0 N–H and O–H groups in total. The molecule has 240 valence electrons. The van der Waals surface area contributed by atoms with E-state index >= 15 is 0 Å². The van der Waals surface area contributed by atoms with Crippen molar-refractivity contribution in [1.82, 2.24) is 0 Å². The summed E-state index contributed by atoms with van der Waals surface area (Å²) < 4.78 is 1.01. The maximum atomic E-state index is 6.27. The second-order valence-electron chi connectivity index (χ2n) is 13.8. The van der Waals surface area contributed by atoms with Crippen molar-refractivity contribution in [3.8, 4) is 0 Å². The summed E-state index contributed by atoms with van der Waals surface area (Å²) in [4.78, 5) is 0. The van der Waals surface area contributed by atoms with Gasteiger partial charge in [0.15, 0.2) is 0 Å². The number of benzene rings is 4. The van der Waals surface area contributed by atoms with Crippen LogP contribution in [0.15, 0.2) is 109 Å². The zero-order valence-electron chi connectivity index (χ0n) is 27.9. The first-order valence-electron chi connectivity index (χ1n) is 15.5. The van der Waals surface area contributed by atoms with Crippen LogP contribution in [-0.4, -0.2) is 3.26 Å². The van der Waals surface area contributed by atoms with Crippen molar-refractivity contribution >= 4 is 65.2 Å². The van der Waals surface area contributed by atoms with Crippen LogP contribution in [0.5, 0.6) is 0 Å². The van der Waals surface area contributed by atoms with Crippen molar-refractivity contribution in [1.29, 1.82) is 0 Å². The van der Waals surface area contributed by atoms with Gasteiger partial charge in [0.25, 0.3) is 0 Å². The maximum Gasteiger partial charge on any atom is -0.172 e. The fourth-order valence-corrected chi connectivity index (χ4v) is 12.6. The zero-order valence-corrected chi connectivity index (χ0v) is 34.5. The molecule has 0 unspecified atom stereocenters. The quantitative estimate of drug-likeness (QED) is 0.120. The van der Waals surface area contributed by atoms with Crippen LogP contribution in [0.3, 0.4) is 0 Å². The van der Waals surface area contributed by atoms with Crippen molar-refractivity contribution in [3.63, 3.8) is 0 Å². The fraction of sp³-hybridized carbons (Fsp3) is 0.244. The van der Waals surface area contributed by atoms with Crippen molar-refractivity contribution in [2.45, 2.75) is 66.2 Å². The molecule has 0 atom stereocenters. The summed E-state index contributed by atoms with van der Waals surface area (Å²) >= 11 is 9.25. The Kier molecular flexibility index (Phi) is 12.4. The molecule has 0 spiro atoms. The number of hydrogen-bond donors (Lipinski definition) is 0. The Hall–Kier alpha value is -2.00. The van der Waals surface area contributed by atoms with Crippen molar-refractivity contribution in [2.24, 2.45) is 0 Å². The Morgan fingerprint density at radius 2 is 1.00 bits per heavy atom. The van der Waals surface area contributed by atoms with Gasteiger partial charge in [-0.15, -0.1) is 39.7 Å². The standard InChI is InChI=1S/C23H29.C13H8Cl2.C5H5.2ClH.Hf/c1-14-9-16-11-17-10-15(2)21(23(6,7)8)13-19(17)18(16)12-20(14)22(3,4)5;14-12-5-1-3-10(8-12)7-11-4-2-6-13(15)9-11;1-2-4-5-3-1;;;/h9-13H,1-8H3;1-6,8-9H;1-5H;2*1H;/q-1;;-1;;;+2/p-2. The molecule has 6 aromatic carbocycles. The van der Waals surface area contributed by atoms with Gasteiger partial charge in [-0.2, -0.15) is 18.2 Å². The van der Waals surface area contributed by atoms with Gasteiger partial charge in [-0.1, -0.05) is 75.9 Å². The summed E-state index contributed by atoms with van der Waals surface area (Å²) in [6.45, 7) is 18.3. The molecule has 0 aromatic heterocycles. The van der Waals surface area contributed by atoms with E-state index in [9.17, 15) is 0 Å². The van der Waals surface area contributed by atoms with E-state index in [0.717, 1.165) is 14.4 Å². The molecule has 0 aliphatic heterocycles. The Morgan fingerprint density at radius 3 is 1.30 bits per heavy atom. The van der Waals surface area contributed by atoms with Crippen LogP contribution in [-0.2, 0) is 29.4 Å². The van der Waals surface area contributed by atoms with Gasteiger partial charge in [0.1, 0.15) is 0 Å². The van der Waals surface area contributed by atoms with Gasteiger partial charge in [-0.25, -0.2) is 12.1 Å². The van der Waals surface area contributed by atoms with E-state index in [1.54, 1.807) is 0 Å². The van der Waals surface area contributed by atoms with Crippen LogP contribution in [0.2, 0.25) is 10.0 Å². The van der Waals surface area contributed by atoms with Crippen molar-refractivity contribution in [3.05, 3.63) is 153 Å². The Morgan fingerprint density at radius 1 is 0.587 bits per heavy atom. The first kappa shape index (κ1) is 36.8. The van der Waals surface area contributed by atoms with Crippen LogP contribution in [0, 0.1) is 13.8 Å². The van der Waals surface area contributed by atoms with E-state index in [1.165, 1.54) is 43.8 Å². The van der Waals surface area contributed by atoms with Gasteiger partial charge in [0, 0.05) is 0 Å². The molecule has 0 fully saturated rings. The molecule has 46 heavy (non-hydrogen) atoms. The van der Waals surface area contributed by atoms with Crippen molar-refractivity contribution < 1.29 is 18.6 Å². The molecule has 0 amide bonds. The Bertz CT molecular complexity index is 1820. The minimum absolute atomic E-state index is 0.180. The fourth-order valence-electron chi connectivity index (χ4n) is 5.94. The summed E-state index contributed by atoms with van der Waals surface area (Å²) in [6.07, 6.45) is 0. The first-order chi connectivity index (χ1) is 21.6. The third-order valence-corrected chi connectivity index (χ3v) is 15.0. The van der Waals surface area contributed by atoms with Crippen molar-refractivity contribution in [2.75, 3.05) is 0 Å². The molecule has 6 aromatic rings. The van der Waals surface area contributed by atoms with E-state index in [0.29, 0.717) is 10.0 Å². The molecule has 0 aliphatic carbocycles. The number of hydrogen-bond acceptors (Lipinski definition) is 0. The van der Waals surface area contributed by atoms with Crippen LogP contribution in [0.1, 0.15) is 74.9 Å². The molecule has 0 saturated carbocycles. The van der Waals surface area contributed by atoms with Gasteiger partial charge in [0.2, 0.25) is 0 Å². The minimum atomic E-state index is -2.77. The molecule has 6 rings (SSSR count). The summed E-state index contributed by atoms with van der Waals surface area (Å²) in [7, 11) is 12.5. The van der Waals surface area contributed by atoms with Crippen LogP contribution in [0.25, 0.3) is 21.5 Å². The predicted molar refractivity (Wildman–Crippen MR) is 204 cm³/mol. The average molecular weight is 855 g/mol. The van der Waals surface area contributed by atoms with Crippen LogP contribution >= 0.6 is 40.4 Å². The molecule has 0 radical (unpaired) electrons. The third kappa shape index (κ3) is 9.33. The number of rotatable bonds is 2. The normalized spacial score (nSPS) is 11.5. The van der Waals surface area contributed by atoms with Gasteiger partial charge < -0.3 is 0 Å². The van der Waals surface area contributed by atoms with E-state index in [-0.39, 0.29) is 10.8 Å². The molecular weight excluding hydrogens is 813 g/mol. The van der Waals surface area contributed by atoms with Gasteiger partial charge in [-0.05, 0) is 24.7 Å². The van der Waals surface area contributed by atoms with Gasteiger partial charge in [0.05, 0.1) is 0 Å². The van der Waals surface area contributed by atoms with E-state index in [1.807, 2.05) is 78.9 Å². The van der Waals surface area contributed by atoms with Crippen LogP contribution < -0.4 is 0 Å². The first-order valence-corrected chi connectivity index (χ1v) is 26.9. The number of aryl methyl sites for hydroxylation is 2. The summed E-state index contributed by atoms with van der Waals surface area (Å²) in [5.74, 6) is 0. The predicted octanol–water partition coefficient (Wildman–Crippen LogP) is 13.8. The number of halogens is 4. The third-order valence-electron chi connectivity index (χ3n) is 7.98. The molecular formula is C41H42Cl4Hf-2. The minimum Gasteiger partial charge on any atom is -0.214 e. The summed E-state index contributed by atoms with van der Waals surface area (Å²) in [5.41, 5.74) is 8.03. The SMILES string of the molecule is Cc1cc2[cH-]c3cc(C)c(C(C)(C)C)cc3c2cc1C(C)(C)C.Clc1cccc([C](c2cccc(Cl)c2)=[Hf]([Cl])[Cl])c1.c1cc[cH-]c1. The zero-order chi connectivity index (χ0) is 33.8. The second-order valence-corrected chi connectivity index (χ2v) is 26.1. The van der Waals surface area contributed by atoms with E-state index in [4.69, 9.17) is 40.4 Å². The van der Waals surface area contributed by atoms with Gasteiger partial charge >= 0.3 is 132 Å². The topological polar surface area (TPSA) is 0 Å². The molecule has 0 aliphatic rings. The largest absolute Gasteiger partial charge is 0.214 e. The van der Waals surface area contributed by atoms with E-state index < -0.39 is 18.6 Å². The second kappa shape index (κ2) is 15.5. The summed E-state index contributed by atoms with van der Waals surface area (Å²) in [5, 5.41) is 6.90. The smallest absolute Gasteiger partial charge is 0.172 e. The molecule has 5 heteroatoms. The monoisotopic (exact) mass is 854 g/mol. The Labute approximate surface area is 300 Å². The molecule has 0 saturated heterocycles. The molecule has 0 nitrogen and oxygen atoms in total. The molecule has 0 bridgehead atoms. The average Bonchev–Trinajstić information content (AvgIpc) is 3.63. The van der Waals surface area contributed by atoms with Crippen LogP contribution in [0.4, 0.5) is 0 Å². The Balaban J connectivity index is 0.000000185. The van der Waals surface area contributed by atoms with Gasteiger partial charge in [-0.3, -0.25) is 0 Å². The van der Waals surface area contributed by atoms with E-state index in [2.05, 4.69) is 85.7 Å². The number of fused-ring (bicyclic) bond motifs is 3.